The van der Waals surface area contributed by atoms with Crippen LogP contribution >= 0.6 is 0 Å². The lowest BCUT2D eigenvalue weighted by Gasteiger charge is -2.28. The van der Waals surface area contributed by atoms with Gasteiger partial charge in [0.25, 0.3) is 0 Å². The molecule has 0 aromatic heterocycles. The SMILES string of the molecule is CCCOc1cc(NN2CCCCC2)ccc1N. The minimum atomic E-state index is 0.702. The van der Waals surface area contributed by atoms with E-state index in [2.05, 4.69) is 17.4 Å². The van der Waals surface area contributed by atoms with Crippen molar-refractivity contribution < 1.29 is 4.74 Å². The van der Waals surface area contributed by atoms with Gasteiger partial charge in [0.2, 0.25) is 0 Å². The van der Waals surface area contributed by atoms with Gasteiger partial charge in [-0.3, -0.25) is 0 Å². The molecule has 0 saturated carbocycles. The highest BCUT2D eigenvalue weighted by atomic mass is 16.5. The quantitative estimate of drug-likeness (QED) is 0.788. The molecule has 1 saturated heterocycles. The number of anilines is 2. The Hall–Kier alpha value is -1.42. The van der Waals surface area contributed by atoms with E-state index in [9.17, 15) is 0 Å². The monoisotopic (exact) mass is 249 g/mol. The van der Waals surface area contributed by atoms with Gasteiger partial charge in [-0.05, 0) is 31.4 Å². The van der Waals surface area contributed by atoms with Crippen molar-refractivity contribution in [2.24, 2.45) is 0 Å². The Morgan fingerprint density at radius 3 is 2.78 bits per heavy atom. The summed E-state index contributed by atoms with van der Waals surface area (Å²) in [5, 5.41) is 2.26. The summed E-state index contributed by atoms with van der Waals surface area (Å²) in [6.45, 7) is 5.01. The van der Waals surface area contributed by atoms with E-state index in [1.165, 1.54) is 19.3 Å². The lowest BCUT2D eigenvalue weighted by atomic mass is 10.2. The van der Waals surface area contributed by atoms with Crippen LogP contribution in [0.2, 0.25) is 0 Å². The number of rotatable bonds is 5. The summed E-state index contributed by atoms with van der Waals surface area (Å²) >= 11 is 0. The van der Waals surface area contributed by atoms with Gasteiger partial charge in [-0.1, -0.05) is 13.3 Å². The van der Waals surface area contributed by atoms with Gasteiger partial charge in [0.15, 0.2) is 0 Å². The third-order valence-electron chi connectivity index (χ3n) is 3.12. The molecule has 0 unspecified atom stereocenters. The Morgan fingerprint density at radius 1 is 1.28 bits per heavy atom. The van der Waals surface area contributed by atoms with Crippen molar-refractivity contribution in [3.8, 4) is 5.75 Å². The summed E-state index contributed by atoms with van der Waals surface area (Å²) in [5.41, 5.74) is 11.1. The van der Waals surface area contributed by atoms with Gasteiger partial charge in [-0.2, -0.15) is 0 Å². The van der Waals surface area contributed by atoms with E-state index in [0.717, 1.165) is 30.9 Å². The fraction of sp³-hybridized carbons (Fsp3) is 0.571. The fourth-order valence-corrected chi connectivity index (χ4v) is 2.13. The molecule has 100 valence electrons. The van der Waals surface area contributed by atoms with Crippen LogP contribution in [-0.2, 0) is 0 Å². The van der Waals surface area contributed by atoms with Crippen molar-refractivity contribution in [2.45, 2.75) is 32.6 Å². The Morgan fingerprint density at radius 2 is 2.06 bits per heavy atom. The number of piperidine rings is 1. The Kier molecular flexibility index (Phi) is 4.70. The molecule has 3 N–H and O–H groups in total. The van der Waals surface area contributed by atoms with Crippen molar-refractivity contribution in [2.75, 3.05) is 30.9 Å². The standard InChI is InChI=1S/C14H23N3O/c1-2-10-18-14-11-12(6-7-13(14)15)16-17-8-4-3-5-9-17/h6-7,11,16H,2-5,8-10,15H2,1H3. The number of hydrogen-bond donors (Lipinski definition) is 2. The lowest BCUT2D eigenvalue weighted by Crippen LogP contribution is -2.34. The molecule has 0 atom stereocenters. The second kappa shape index (κ2) is 6.50. The van der Waals surface area contributed by atoms with E-state index in [0.29, 0.717) is 12.3 Å². The summed E-state index contributed by atoms with van der Waals surface area (Å²) in [6.07, 6.45) is 4.86. The fourth-order valence-electron chi connectivity index (χ4n) is 2.13. The zero-order valence-electron chi connectivity index (χ0n) is 11.1. The molecule has 1 fully saturated rings. The minimum Gasteiger partial charge on any atom is -0.491 e. The molecule has 1 aliphatic heterocycles. The molecule has 1 aliphatic rings. The van der Waals surface area contributed by atoms with Crippen LogP contribution in [0.15, 0.2) is 18.2 Å². The summed E-state index contributed by atoms with van der Waals surface area (Å²) in [4.78, 5) is 0. The van der Waals surface area contributed by atoms with E-state index in [-0.39, 0.29) is 0 Å². The summed E-state index contributed by atoms with van der Waals surface area (Å²) < 4.78 is 5.63. The Labute approximate surface area is 109 Å². The van der Waals surface area contributed by atoms with Crippen LogP contribution in [0.5, 0.6) is 5.75 Å². The van der Waals surface area contributed by atoms with Gasteiger partial charge in [0.05, 0.1) is 18.0 Å². The maximum absolute atomic E-state index is 5.90. The third kappa shape index (κ3) is 3.53. The Balaban J connectivity index is 1.99. The normalized spacial score (nSPS) is 16.5. The molecular weight excluding hydrogens is 226 g/mol. The first kappa shape index (κ1) is 13.0. The van der Waals surface area contributed by atoms with Gasteiger partial charge >= 0.3 is 0 Å². The summed E-state index contributed by atoms with van der Waals surface area (Å²) in [7, 11) is 0. The molecule has 4 heteroatoms. The van der Waals surface area contributed by atoms with Crippen molar-refractivity contribution in [1.82, 2.24) is 5.01 Å². The van der Waals surface area contributed by atoms with Crippen LogP contribution < -0.4 is 15.9 Å². The maximum Gasteiger partial charge on any atom is 0.144 e. The number of benzene rings is 1. The third-order valence-corrected chi connectivity index (χ3v) is 3.12. The minimum absolute atomic E-state index is 0.702. The molecule has 1 aromatic carbocycles. The first-order chi connectivity index (χ1) is 8.79. The molecule has 0 radical (unpaired) electrons. The molecule has 18 heavy (non-hydrogen) atoms. The molecule has 0 amide bonds. The van der Waals surface area contributed by atoms with Crippen LogP contribution in [0.25, 0.3) is 0 Å². The molecule has 0 bridgehead atoms. The zero-order valence-corrected chi connectivity index (χ0v) is 11.1. The van der Waals surface area contributed by atoms with Crippen LogP contribution in [0.1, 0.15) is 32.6 Å². The van der Waals surface area contributed by atoms with Crippen molar-refractivity contribution in [1.29, 1.82) is 0 Å². The van der Waals surface area contributed by atoms with Crippen molar-refractivity contribution in [3.63, 3.8) is 0 Å². The Bertz CT molecular complexity index is 375. The van der Waals surface area contributed by atoms with E-state index >= 15 is 0 Å². The molecule has 0 spiro atoms. The van der Waals surface area contributed by atoms with Gasteiger partial charge < -0.3 is 15.9 Å². The zero-order chi connectivity index (χ0) is 12.8. The number of hydrogen-bond acceptors (Lipinski definition) is 4. The van der Waals surface area contributed by atoms with Crippen molar-refractivity contribution >= 4 is 11.4 Å². The average Bonchev–Trinajstić information content (AvgIpc) is 2.40. The molecule has 1 heterocycles. The van der Waals surface area contributed by atoms with E-state index in [4.69, 9.17) is 10.5 Å². The highest BCUT2D eigenvalue weighted by Gasteiger charge is 2.10. The highest BCUT2D eigenvalue weighted by Crippen LogP contribution is 2.26. The number of nitrogens with two attached hydrogens (primary N) is 1. The average molecular weight is 249 g/mol. The van der Waals surface area contributed by atoms with E-state index in [1.54, 1.807) is 0 Å². The molecule has 0 aliphatic carbocycles. The topological polar surface area (TPSA) is 50.5 Å². The van der Waals surface area contributed by atoms with Crippen LogP contribution in [0.3, 0.4) is 0 Å². The molecule has 4 nitrogen and oxygen atoms in total. The van der Waals surface area contributed by atoms with Gasteiger partial charge in [-0.15, -0.1) is 0 Å². The molecule has 1 aromatic rings. The summed E-state index contributed by atoms with van der Waals surface area (Å²) in [6, 6.07) is 5.89. The predicted molar refractivity (Wildman–Crippen MR) is 75.7 cm³/mol. The lowest BCUT2D eigenvalue weighted by molar-refractivity contribution is 0.273. The van der Waals surface area contributed by atoms with E-state index < -0.39 is 0 Å². The number of hydrazine groups is 1. The summed E-state index contributed by atoms with van der Waals surface area (Å²) in [5.74, 6) is 0.777. The van der Waals surface area contributed by atoms with Gasteiger partial charge in [0, 0.05) is 19.2 Å². The maximum atomic E-state index is 5.90. The predicted octanol–water partition coefficient (Wildman–Crippen LogP) is 2.87. The first-order valence-corrected chi connectivity index (χ1v) is 6.83. The molecule has 2 rings (SSSR count). The van der Waals surface area contributed by atoms with Gasteiger partial charge in [0.1, 0.15) is 5.75 Å². The number of nitrogen functional groups attached to an aromatic ring is 1. The van der Waals surface area contributed by atoms with Crippen molar-refractivity contribution in [3.05, 3.63) is 18.2 Å². The highest BCUT2D eigenvalue weighted by molar-refractivity contribution is 5.61. The van der Waals surface area contributed by atoms with E-state index in [1.807, 2.05) is 18.2 Å². The van der Waals surface area contributed by atoms with Crippen LogP contribution in [0.4, 0.5) is 11.4 Å². The second-order valence-electron chi connectivity index (χ2n) is 4.76. The van der Waals surface area contributed by atoms with Gasteiger partial charge in [-0.25, -0.2) is 5.01 Å². The number of ether oxygens (including phenoxy) is 1. The van der Waals surface area contributed by atoms with Crippen LogP contribution in [-0.4, -0.2) is 24.7 Å². The molecular formula is C14H23N3O. The number of nitrogens with zero attached hydrogens (tertiary/aromatic N) is 1. The van der Waals surface area contributed by atoms with Crippen LogP contribution in [0, 0.1) is 0 Å². The largest absolute Gasteiger partial charge is 0.491 e. The second-order valence-corrected chi connectivity index (χ2v) is 4.76. The first-order valence-electron chi connectivity index (χ1n) is 6.83. The number of nitrogens with one attached hydrogen (secondary N) is 1. The smallest absolute Gasteiger partial charge is 0.144 e.